The molecule has 0 aliphatic carbocycles. The summed E-state index contributed by atoms with van der Waals surface area (Å²) in [5.74, 6) is -0.0133. The highest BCUT2D eigenvalue weighted by atomic mass is 127. The first-order valence-electron chi connectivity index (χ1n) is 7.28. The number of ether oxygens (including phenoxy) is 2. The molecule has 0 amide bonds. The van der Waals surface area contributed by atoms with E-state index in [0.717, 1.165) is 30.0 Å². The van der Waals surface area contributed by atoms with Crippen LogP contribution in [-0.4, -0.2) is 19.8 Å². The molecule has 0 radical (unpaired) electrons. The smallest absolute Gasteiger partial charge is 0.136 e. The molecule has 0 spiro atoms. The number of rotatable bonds is 1. The SMILES string of the molecule is Fc1ccc(C2C3=CCOC=C3NC3=C2CCOC3)cc1I. The minimum Gasteiger partial charge on any atom is -0.495 e. The van der Waals surface area contributed by atoms with Gasteiger partial charge in [-0.25, -0.2) is 4.39 Å². The van der Waals surface area contributed by atoms with Crippen molar-refractivity contribution in [1.82, 2.24) is 5.32 Å². The van der Waals surface area contributed by atoms with Gasteiger partial charge in [-0.3, -0.25) is 0 Å². The topological polar surface area (TPSA) is 30.5 Å². The number of benzene rings is 1. The van der Waals surface area contributed by atoms with E-state index in [0.29, 0.717) is 16.8 Å². The number of hydrogen-bond acceptors (Lipinski definition) is 3. The minimum atomic E-state index is -0.170. The third kappa shape index (κ3) is 2.36. The minimum absolute atomic E-state index is 0.157. The second-order valence-corrected chi connectivity index (χ2v) is 6.72. The van der Waals surface area contributed by atoms with Crippen LogP contribution in [0, 0.1) is 9.39 Å². The Balaban J connectivity index is 1.86. The molecule has 0 fully saturated rings. The van der Waals surface area contributed by atoms with Gasteiger partial charge in [0.2, 0.25) is 0 Å². The van der Waals surface area contributed by atoms with Crippen LogP contribution in [0.15, 0.2) is 53.1 Å². The monoisotopic (exact) mass is 411 g/mol. The van der Waals surface area contributed by atoms with Gasteiger partial charge in [-0.2, -0.15) is 0 Å². The molecule has 22 heavy (non-hydrogen) atoms. The summed E-state index contributed by atoms with van der Waals surface area (Å²) in [7, 11) is 0. The lowest BCUT2D eigenvalue weighted by Gasteiger charge is -2.37. The molecule has 3 nitrogen and oxygen atoms in total. The molecule has 3 aliphatic rings. The van der Waals surface area contributed by atoms with Crippen LogP contribution in [0.4, 0.5) is 4.39 Å². The molecule has 1 N–H and O–H groups in total. The van der Waals surface area contributed by atoms with Crippen molar-refractivity contribution >= 4 is 22.6 Å². The lowest BCUT2D eigenvalue weighted by Crippen LogP contribution is -2.34. The fourth-order valence-electron chi connectivity index (χ4n) is 3.28. The first kappa shape index (κ1) is 14.3. The van der Waals surface area contributed by atoms with E-state index in [1.807, 2.05) is 12.1 Å². The van der Waals surface area contributed by atoms with Gasteiger partial charge in [0.25, 0.3) is 0 Å². The van der Waals surface area contributed by atoms with E-state index in [1.165, 1.54) is 11.1 Å². The molecule has 0 aromatic heterocycles. The van der Waals surface area contributed by atoms with Gasteiger partial charge in [0.05, 0.1) is 18.9 Å². The maximum Gasteiger partial charge on any atom is 0.136 e. The predicted molar refractivity (Wildman–Crippen MR) is 89.6 cm³/mol. The Morgan fingerprint density at radius 1 is 1.32 bits per heavy atom. The first-order valence-corrected chi connectivity index (χ1v) is 8.36. The molecule has 1 aromatic rings. The van der Waals surface area contributed by atoms with Crippen molar-refractivity contribution in [3.63, 3.8) is 0 Å². The molecule has 114 valence electrons. The summed E-state index contributed by atoms with van der Waals surface area (Å²) in [6.45, 7) is 1.90. The van der Waals surface area contributed by atoms with Crippen molar-refractivity contribution in [2.75, 3.05) is 19.8 Å². The Bertz CT molecular complexity index is 723. The summed E-state index contributed by atoms with van der Waals surface area (Å²) >= 11 is 2.05. The third-order valence-corrected chi connectivity index (χ3v) is 5.11. The van der Waals surface area contributed by atoms with Crippen molar-refractivity contribution < 1.29 is 13.9 Å². The number of allylic oxidation sites excluding steroid dienone is 1. The van der Waals surface area contributed by atoms with E-state index in [9.17, 15) is 4.39 Å². The van der Waals surface area contributed by atoms with Gasteiger partial charge in [-0.1, -0.05) is 6.07 Å². The lowest BCUT2D eigenvalue weighted by molar-refractivity contribution is 0.138. The van der Waals surface area contributed by atoms with Gasteiger partial charge in [-0.15, -0.1) is 0 Å². The zero-order valence-electron chi connectivity index (χ0n) is 11.9. The highest BCUT2D eigenvalue weighted by molar-refractivity contribution is 14.1. The van der Waals surface area contributed by atoms with Crippen LogP contribution in [-0.2, 0) is 9.47 Å². The Hall–Kier alpha value is -1.34. The summed E-state index contributed by atoms with van der Waals surface area (Å²) in [4.78, 5) is 0. The zero-order chi connectivity index (χ0) is 15.1. The van der Waals surface area contributed by atoms with Crippen LogP contribution in [0.3, 0.4) is 0 Å². The van der Waals surface area contributed by atoms with E-state index in [1.54, 1.807) is 12.3 Å². The molecule has 0 saturated carbocycles. The van der Waals surface area contributed by atoms with Crippen LogP contribution in [0.25, 0.3) is 0 Å². The van der Waals surface area contributed by atoms with Gasteiger partial charge in [-0.05, 0) is 63.9 Å². The van der Waals surface area contributed by atoms with Gasteiger partial charge in [0.15, 0.2) is 0 Å². The van der Waals surface area contributed by atoms with Crippen molar-refractivity contribution in [3.8, 4) is 0 Å². The summed E-state index contributed by atoms with van der Waals surface area (Å²) in [6.07, 6.45) is 4.78. The van der Waals surface area contributed by atoms with Crippen molar-refractivity contribution in [3.05, 3.63) is 68.0 Å². The summed E-state index contributed by atoms with van der Waals surface area (Å²) in [5.41, 5.74) is 5.79. The van der Waals surface area contributed by atoms with Gasteiger partial charge in [0.1, 0.15) is 18.7 Å². The van der Waals surface area contributed by atoms with Crippen LogP contribution in [0.2, 0.25) is 0 Å². The van der Waals surface area contributed by atoms with Crippen LogP contribution in [0.1, 0.15) is 17.9 Å². The summed E-state index contributed by atoms with van der Waals surface area (Å²) in [5, 5.41) is 3.43. The van der Waals surface area contributed by atoms with Crippen LogP contribution in [0.5, 0.6) is 0 Å². The molecule has 3 heterocycles. The second kappa shape index (κ2) is 5.70. The van der Waals surface area contributed by atoms with E-state index >= 15 is 0 Å². The highest BCUT2D eigenvalue weighted by Crippen LogP contribution is 2.43. The maximum absolute atomic E-state index is 13.6. The molecule has 5 heteroatoms. The van der Waals surface area contributed by atoms with Crippen LogP contribution >= 0.6 is 22.6 Å². The molecule has 0 saturated heterocycles. The molecule has 0 bridgehead atoms. The van der Waals surface area contributed by atoms with Gasteiger partial charge in [0, 0.05) is 15.2 Å². The lowest BCUT2D eigenvalue weighted by atomic mass is 9.77. The molecular weight excluding hydrogens is 396 g/mol. The Morgan fingerprint density at radius 3 is 3.09 bits per heavy atom. The van der Waals surface area contributed by atoms with E-state index < -0.39 is 0 Å². The normalized spacial score (nSPS) is 23.6. The summed E-state index contributed by atoms with van der Waals surface area (Å²) in [6, 6.07) is 5.39. The Morgan fingerprint density at radius 2 is 2.23 bits per heavy atom. The number of fused-ring (bicyclic) bond motifs is 1. The first-order chi connectivity index (χ1) is 10.7. The molecule has 4 rings (SSSR count). The molecule has 1 atom stereocenters. The predicted octanol–water partition coefficient (Wildman–Crippen LogP) is 3.59. The number of halogens is 2. The van der Waals surface area contributed by atoms with E-state index in [2.05, 4.69) is 34.0 Å². The average Bonchev–Trinajstić information content (AvgIpc) is 2.55. The molecule has 3 aliphatic heterocycles. The fourth-order valence-corrected chi connectivity index (χ4v) is 3.82. The largest absolute Gasteiger partial charge is 0.495 e. The van der Waals surface area contributed by atoms with Crippen molar-refractivity contribution in [1.29, 1.82) is 0 Å². The molecule has 1 unspecified atom stereocenters. The Labute approximate surface area is 142 Å². The quantitative estimate of drug-likeness (QED) is 0.717. The number of nitrogens with one attached hydrogen (secondary N) is 1. The fraction of sp³-hybridized carbons (Fsp3) is 0.294. The molecule has 1 aromatic carbocycles. The standard InChI is InChI=1S/C17H15FINO2/c18-13-2-1-10(7-14(13)19)17-11-3-5-21-8-15(11)20-16-9-22-6-4-12(16)17/h1-3,7-8,17,20H,4-6,9H2. The van der Waals surface area contributed by atoms with E-state index in [-0.39, 0.29) is 11.7 Å². The second-order valence-electron chi connectivity index (χ2n) is 5.56. The zero-order valence-corrected chi connectivity index (χ0v) is 14.0. The van der Waals surface area contributed by atoms with Crippen molar-refractivity contribution in [2.45, 2.75) is 12.3 Å². The Kier molecular flexibility index (Phi) is 3.69. The highest BCUT2D eigenvalue weighted by Gasteiger charge is 2.34. The van der Waals surface area contributed by atoms with Gasteiger partial charge >= 0.3 is 0 Å². The third-order valence-electron chi connectivity index (χ3n) is 4.28. The van der Waals surface area contributed by atoms with Crippen molar-refractivity contribution in [2.24, 2.45) is 0 Å². The summed E-state index contributed by atoms with van der Waals surface area (Å²) < 4.78 is 25.3. The average molecular weight is 411 g/mol. The van der Waals surface area contributed by atoms with Crippen LogP contribution < -0.4 is 5.32 Å². The number of hydrogen-bond donors (Lipinski definition) is 1. The van der Waals surface area contributed by atoms with Gasteiger partial charge < -0.3 is 14.8 Å². The maximum atomic E-state index is 13.6. The molecular formula is C17H15FINO2. The van der Waals surface area contributed by atoms with E-state index in [4.69, 9.17) is 9.47 Å².